The minimum absolute atomic E-state index is 0.185. The Balaban J connectivity index is 2.46. The van der Waals surface area contributed by atoms with Crippen LogP contribution in [0.2, 0.25) is 0 Å². The Kier molecular flexibility index (Phi) is 3.62. The number of carbonyl (C=O) groups excluding carboxylic acids is 1. The van der Waals surface area contributed by atoms with Crippen molar-refractivity contribution in [2.24, 2.45) is 0 Å². The number of amides is 1. The van der Waals surface area contributed by atoms with Crippen LogP contribution in [0.1, 0.15) is 5.56 Å². The van der Waals surface area contributed by atoms with Crippen molar-refractivity contribution in [1.82, 2.24) is 5.32 Å². The van der Waals surface area contributed by atoms with E-state index in [9.17, 15) is 9.18 Å². The van der Waals surface area contributed by atoms with Crippen molar-refractivity contribution in [1.29, 1.82) is 0 Å². The number of benzene rings is 1. The minimum Gasteiger partial charge on any atom is -0.346 e. The maximum Gasteiger partial charge on any atom is 0.300 e. The number of hydrogen-bond donors (Lipinski definition) is 1. The maximum absolute atomic E-state index is 12.7. The summed E-state index contributed by atoms with van der Waals surface area (Å²) in [7, 11) is 0. The average molecular weight is 192 g/mol. The largest absolute Gasteiger partial charge is 0.346 e. The highest BCUT2D eigenvalue weighted by Crippen LogP contribution is 2.02. The monoisotopic (exact) mass is 192 g/mol. The molecule has 0 aromatic heterocycles. The van der Waals surface area contributed by atoms with E-state index in [1.807, 2.05) is 0 Å². The highest BCUT2D eigenvalue weighted by molar-refractivity contribution is 5.79. The molecule has 3 nitrogen and oxygen atoms in total. The Morgan fingerprint density at radius 1 is 1.57 bits per heavy atom. The van der Waals surface area contributed by atoms with E-state index in [1.54, 1.807) is 12.1 Å². The number of hydrogen-bond acceptors (Lipinski definition) is 1. The molecule has 0 aliphatic heterocycles. The third kappa shape index (κ3) is 3.23. The summed E-state index contributed by atoms with van der Waals surface area (Å²) in [6.45, 7) is 6.53. The molecule has 0 aliphatic rings. The summed E-state index contributed by atoms with van der Waals surface area (Å²) in [4.78, 5) is 13.8. The first-order valence-corrected chi connectivity index (χ1v) is 4.06. The lowest BCUT2D eigenvalue weighted by atomic mass is 10.2. The first-order valence-electron chi connectivity index (χ1n) is 4.06. The molecule has 0 heterocycles. The van der Waals surface area contributed by atoms with Crippen LogP contribution in [0.4, 0.5) is 4.39 Å². The molecular formula is C10H9FN2O. The number of nitrogens with one attached hydrogen (secondary N) is 1. The van der Waals surface area contributed by atoms with Gasteiger partial charge in [0.15, 0.2) is 0 Å². The molecule has 1 aromatic rings. The minimum atomic E-state index is -0.343. The quantitative estimate of drug-likeness (QED) is 0.721. The van der Waals surface area contributed by atoms with Crippen LogP contribution >= 0.6 is 0 Å². The lowest BCUT2D eigenvalue weighted by Gasteiger charge is -2.01. The van der Waals surface area contributed by atoms with Crippen LogP contribution in [0.3, 0.4) is 0 Å². The molecule has 1 N–H and O–H groups in total. The van der Waals surface area contributed by atoms with E-state index in [0.717, 1.165) is 0 Å². The van der Waals surface area contributed by atoms with Crippen LogP contribution in [0.25, 0.3) is 4.85 Å². The van der Waals surface area contributed by atoms with Crippen molar-refractivity contribution >= 4 is 5.91 Å². The summed E-state index contributed by atoms with van der Waals surface area (Å²) in [5, 5.41) is 2.51. The summed E-state index contributed by atoms with van der Waals surface area (Å²) >= 11 is 0. The van der Waals surface area contributed by atoms with Gasteiger partial charge in [-0.25, -0.2) is 11.0 Å². The molecule has 1 rings (SSSR count). The normalized spacial score (nSPS) is 9.14. The van der Waals surface area contributed by atoms with Gasteiger partial charge in [0.25, 0.3) is 12.5 Å². The maximum atomic E-state index is 12.7. The summed E-state index contributed by atoms with van der Waals surface area (Å²) < 4.78 is 12.7. The fourth-order valence-corrected chi connectivity index (χ4v) is 0.975. The van der Waals surface area contributed by atoms with Crippen molar-refractivity contribution in [3.63, 3.8) is 0 Å². The molecule has 72 valence electrons. The van der Waals surface area contributed by atoms with Crippen molar-refractivity contribution < 1.29 is 9.18 Å². The van der Waals surface area contributed by atoms with Crippen LogP contribution in [-0.4, -0.2) is 12.5 Å². The van der Waals surface area contributed by atoms with Crippen molar-refractivity contribution in [3.05, 3.63) is 47.1 Å². The van der Waals surface area contributed by atoms with Gasteiger partial charge in [-0.15, -0.1) is 0 Å². The highest BCUT2D eigenvalue weighted by atomic mass is 19.1. The summed E-state index contributed by atoms with van der Waals surface area (Å²) in [5.41, 5.74) is 0.684. The molecule has 14 heavy (non-hydrogen) atoms. The molecule has 0 atom stereocenters. The molecule has 0 aliphatic carbocycles. The van der Waals surface area contributed by atoms with Gasteiger partial charge in [0.2, 0.25) is 0 Å². The van der Waals surface area contributed by atoms with Gasteiger partial charge in [0.1, 0.15) is 5.82 Å². The van der Waals surface area contributed by atoms with Crippen molar-refractivity contribution in [2.75, 3.05) is 6.54 Å². The lowest BCUT2D eigenvalue weighted by Crippen LogP contribution is -2.24. The predicted octanol–water partition coefficient (Wildman–Crippen LogP) is 1.36. The molecule has 1 amide bonds. The number of rotatable bonds is 3. The fourth-order valence-electron chi connectivity index (χ4n) is 0.975. The van der Waals surface area contributed by atoms with Gasteiger partial charge in [-0.2, -0.15) is 0 Å². The molecule has 0 bridgehead atoms. The summed E-state index contributed by atoms with van der Waals surface area (Å²) in [6, 6.07) is 5.97. The fraction of sp³-hybridized carbons (Fsp3) is 0.200. The van der Waals surface area contributed by atoms with E-state index < -0.39 is 0 Å². The Morgan fingerprint density at radius 2 is 2.36 bits per heavy atom. The molecule has 0 saturated carbocycles. The van der Waals surface area contributed by atoms with Gasteiger partial charge < -0.3 is 10.2 Å². The topological polar surface area (TPSA) is 33.5 Å². The van der Waals surface area contributed by atoms with E-state index in [4.69, 9.17) is 6.57 Å². The molecule has 0 radical (unpaired) electrons. The number of carbonyl (C=O) groups is 1. The molecule has 1 aromatic carbocycles. The first kappa shape index (κ1) is 10.2. The van der Waals surface area contributed by atoms with Crippen molar-refractivity contribution in [2.45, 2.75) is 6.54 Å². The summed E-state index contributed by atoms with van der Waals surface area (Å²) in [6.07, 6.45) is 0. The molecular weight excluding hydrogens is 183 g/mol. The van der Waals surface area contributed by atoms with E-state index in [-0.39, 0.29) is 24.8 Å². The molecule has 4 heteroatoms. The zero-order valence-corrected chi connectivity index (χ0v) is 7.46. The van der Waals surface area contributed by atoms with E-state index >= 15 is 0 Å². The van der Waals surface area contributed by atoms with Crippen LogP contribution in [-0.2, 0) is 11.3 Å². The van der Waals surface area contributed by atoms with E-state index in [1.165, 1.54) is 12.1 Å². The van der Waals surface area contributed by atoms with Crippen LogP contribution in [0.5, 0.6) is 0 Å². The molecule has 0 saturated heterocycles. The van der Waals surface area contributed by atoms with Crippen LogP contribution in [0, 0.1) is 12.4 Å². The third-order valence-electron chi connectivity index (χ3n) is 1.60. The van der Waals surface area contributed by atoms with E-state index in [0.29, 0.717) is 5.56 Å². The second-order valence-electron chi connectivity index (χ2n) is 2.72. The Labute approximate surface area is 81.4 Å². The number of nitrogens with zero attached hydrogens (tertiary/aromatic N) is 1. The summed E-state index contributed by atoms with van der Waals surface area (Å²) in [5.74, 6) is -0.675. The zero-order chi connectivity index (χ0) is 10.4. The highest BCUT2D eigenvalue weighted by Gasteiger charge is 2.02. The Bertz CT molecular complexity index is 371. The predicted molar refractivity (Wildman–Crippen MR) is 49.7 cm³/mol. The standard InChI is InChI=1S/C10H9FN2O/c1-12-7-10(14)13-6-8-3-2-4-9(11)5-8/h2-5H,6-7H2,(H,13,14). The van der Waals surface area contributed by atoms with Gasteiger partial charge in [0, 0.05) is 6.54 Å². The van der Waals surface area contributed by atoms with Gasteiger partial charge in [-0.1, -0.05) is 12.1 Å². The second-order valence-corrected chi connectivity index (χ2v) is 2.72. The van der Waals surface area contributed by atoms with Gasteiger partial charge in [0.05, 0.1) is 0 Å². The average Bonchev–Trinajstić information content (AvgIpc) is 2.15. The molecule has 0 unspecified atom stereocenters. The van der Waals surface area contributed by atoms with Gasteiger partial charge in [-0.05, 0) is 17.7 Å². The van der Waals surface area contributed by atoms with Crippen molar-refractivity contribution in [3.8, 4) is 0 Å². The van der Waals surface area contributed by atoms with Crippen LogP contribution < -0.4 is 5.32 Å². The molecule has 0 spiro atoms. The smallest absolute Gasteiger partial charge is 0.300 e. The Morgan fingerprint density at radius 3 is 3.00 bits per heavy atom. The number of halogens is 1. The van der Waals surface area contributed by atoms with Crippen LogP contribution in [0.15, 0.2) is 24.3 Å². The van der Waals surface area contributed by atoms with Gasteiger partial charge in [-0.3, -0.25) is 4.79 Å². The zero-order valence-electron chi connectivity index (χ0n) is 7.46. The lowest BCUT2D eigenvalue weighted by molar-refractivity contribution is -0.119. The Hall–Kier alpha value is -1.89. The second kappa shape index (κ2) is 4.97. The van der Waals surface area contributed by atoms with E-state index in [2.05, 4.69) is 10.2 Å². The first-order chi connectivity index (χ1) is 6.72. The van der Waals surface area contributed by atoms with Gasteiger partial charge >= 0.3 is 0 Å². The third-order valence-corrected chi connectivity index (χ3v) is 1.60. The SMILES string of the molecule is [C-]#[N+]CC(=O)NCc1cccc(F)c1. The molecule has 0 fully saturated rings.